The Morgan fingerprint density at radius 3 is 2.70 bits per heavy atom. The van der Waals surface area contributed by atoms with Gasteiger partial charge in [-0.3, -0.25) is 4.79 Å². The maximum atomic E-state index is 12.1. The number of para-hydroxylation sites is 1. The minimum atomic E-state index is -0.0112. The fraction of sp³-hybridized carbons (Fsp3) is 0.125. The summed E-state index contributed by atoms with van der Waals surface area (Å²) < 4.78 is 6.30. The van der Waals surface area contributed by atoms with Crippen molar-refractivity contribution in [3.8, 4) is 5.75 Å². The molecule has 0 aliphatic rings. The fourth-order valence-corrected chi connectivity index (χ4v) is 3.06. The number of ether oxygens (including phenoxy) is 1. The SMILES string of the molecule is COc1cccc2sc(NCC(=O)c3ccc(Cl)cc3)nc12.[Br-]. The average molecular weight is 413 g/mol. The molecule has 3 rings (SSSR count). The summed E-state index contributed by atoms with van der Waals surface area (Å²) in [4.78, 5) is 16.6. The molecule has 7 heteroatoms. The van der Waals surface area contributed by atoms with Crippen LogP contribution in [-0.2, 0) is 0 Å². The van der Waals surface area contributed by atoms with Crippen molar-refractivity contribution in [2.45, 2.75) is 0 Å². The second-order valence-electron chi connectivity index (χ2n) is 4.61. The van der Waals surface area contributed by atoms with Gasteiger partial charge in [-0.05, 0) is 36.4 Å². The van der Waals surface area contributed by atoms with Gasteiger partial charge in [-0.15, -0.1) is 0 Å². The molecule has 0 aliphatic carbocycles. The third-order valence-electron chi connectivity index (χ3n) is 3.17. The second kappa shape index (κ2) is 7.77. The quantitative estimate of drug-likeness (QED) is 0.641. The third-order valence-corrected chi connectivity index (χ3v) is 4.40. The van der Waals surface area contributed by atoms with Crippen LogP contribution in [0.25, 0.3) is 10.2 Å². The number of nitrogens with zero attached hydrogens (tertiary/aromatic N) is 1. The molecule has 0 bridgehead atoms. The fourth-order valence-electron chi connectivity index (χ4n) is 2.06. The van der Waals surface area contributed by atoms with Gasteiger partial charge >= 0.3 is 0 Å². The Kier molecular flexibility index (Phi) is 5.98. The van der Waals surface area contributed by atoms with Gasteiger partial charge in [-0.25, -0.2) is 4.98 Å². The van der Waals surface area contributed by atoms with Gasteiger partial charge in [-0.2, -0.15) is 0 Å². The molecule has 0 aliphatic heterocycles. The first-order valence-corrected chi connectivity index (χ1v) is 7.83. The van der Waals surface area contributed by atoms with E-state index in [0.29, 0.717) is 15.7 Å². The highest BCUT2D eigenvalue weighted by Gasteiger charge is 2.10. The third kappa shape index (κ3) is 4.02. The number of thiazole rings is 1. The summed E-state index contributed by atoms with van der Waals surface area (Å²) in [5, 5.41) is 4.38. The van der Waals surface area contributed by atoms with Gasteiger partial charge in [-0.1, -0.05) is 29.0 Å². The van der Waals surface area contributed by atoms with E-state index < -0.39 is 0 Å². The zero-order valence-electron chi connectivity index (χ0n) is 12.2. The number of methoxy groups -OCH3 is 1. The van der Waals surface area contributed by atoms with Crippen molar-refractivity contribution in [2.75, 3.05) is 19.0 Å². The number of carbonyl (C=O) groups excluding carboxylic acids is 1. The summed E-state index contributed by atoms with van der Waals surface area (Å²) >= 11 is 7.31. The second-order valence-corrected chi connectivity index (χ2v) is 6.08. The first kappa shape index (κ1) is 17.7. The zero-order chi connectivity index (χ0) is 15.5. The Bertz CT molecular complexity index is 821. The predicted octanol–water partition coefficient (Wildman–Crippen LogP) is 1.26. The van der Waals surface area contributed by atoms with E-state index in [1.54, 1.807) is 31.4 Å². The molecule has 0 fully saturated rings. The van der Waals surface area contributed by atoms with Crippen LogP contribution in [-0.4, -0.2) is 24.4 Å². The van der Waals surface area contributed by atoms with Crippen molar-refractivity contribution in [1.29, 1.82) is 0 Å². The van der Waals surface area contributed by atoms with Gasteiger partial charge in [0.2, 0.25) is 0 Å². The lowest BCUT2D eigenvalue weighted by Crippen LogP contribution is -3.00. The van der Waals surface area contributed by atoms with Gasteiger partial charge in [0, 0.05) is 10.6 Å². The lowest BCUT2D eigenvalue weighted by atomic mass is 10.1. The van der Waals surface area contributed by atoms with Crippen molar-refractivity contribution in [1.82, 2.24) is 4.98 Å². The maximum absolute atomic E-state index is 12.1. The smallest absolute Gasteiger partial charge is 0.184 e. The lowest BCUT2D eigenvalue weighted by molar-refractivity contribution is -0.0000122. The molecule has 0 unspecified atom stereocenters. The summed E-state index contributed by atoms with van der Waals surface area (Å²) in [7, 11) is 1.62. The molecule has 0 saturated carbocycles. The maximum Gasteiger partial charge on any atom is 0.184 e. The van der Waals surface area contributed by atoms with Crippen LogP contribution in [0.4, 0.5) is 5.13 Å². The van der Waals surface area contributed by atoms with Crippen LogP contribution in [0, 0.1) is 0 Å². The van der Waals surface area contributed by atoms with Crippen LogP contribution >= 0.6 is 22.9 Å². The number of ketones is 1. The Balaban J connectivity index is 0.00000192. The van der Waals surface area contributed by atoms with E-state index in [-0.39, 0.29) is 29.3 Å². The van der Waals surface area contributed by atoms with Crippen LogP contribution in [0.5, 0.6) is 5.75 Å². The summed E-state index contributed by atoms with van der Waals surface area (Å²) in [6.07, 6.45) is 0. The van der Waals surface area contributed by atoms with Crippen molar-refractivity contribution >= 4 is 44.1 Å². The molecule has 0 radical (unpaired) electrons. The van der Waals surface area contributed by atoms with E-state index in [4.69, 9.17) is 16.3 Å². The van der Waals surface area contributed by atoms with E-state index in [1.165, 1.54) is 11.3 Å². The van der Waals surface area contributed by atoms with Crippen LogP contribution in [0.15, 0.2) is 42.5 Å². The number of Topliss-reactive ketones (excluding diaryl/α,β-unsaturated/α-hetero) is 1. The highest BCUT2D eigenvalue weighted by Crippen LogP contribution is 2.31. The molecule has 0 spiro atoms. The number of hydrogen-bond acceptors (Lipinski definition) is 5. The van der Waals surface area contributed by atoms with Gasteiger partial charge in [0.25, 0.3) is 0 Å². The number of nitrogens with one attached hydrogen (secondary N) is 1. The van der Waals surface area contributed by atoms with Crippen molar-refractivity contribution in [2.24, 2.45) is 0 Å². The summed E-state index contributed by atoms with van der Waals surface area (Å²) in [5.74, 6) is 0.716. The first-order valence-electron chi connectivity index (χ1n) is 6.63. The molecule has 0 saturated heterocycles. The Morgan fingerprint density at radius 2 is 2.00 bits per heavy atom. The van der Waals surface area contributed by atoms with Crippen molar-refractivity contribution < 1.29 is 26.5 Å². The number of rotatable bonds is 5. The molecule has 0 atom stereocenters. The zero-order valence-corrected chi connectivity index (χ0v) is 15.3. The summed E-state index contributed by atoms with van der Waals surface area (Å²) in [5.41, 5.74) is 1.42. The Hall–Kier alpha value is -1.63. The predicted molar refractivity (Wildman–Crippen MR) is 90.4 cm³/mol. The molecule has 3 aromatic rings. The number of anilines is 1. The monoisotopic (exact) mass is 411 g/mol. The van der Waals surface area contributed by atoms with E-state index >= 15 is 0 Å². The van der Waals surface area contributed by atoms with Gasteiger partial charge in [0.05, 0.1) is 18.4 Å². The molecule has 1 heterocycles. The molecule has 1 N–H and O–H groups in total. The summed E-state index contributed by atoms with van der Waals surface area (Å²) in [6.45, 7) is 0.184. The van der Waals surface area contributed by atoms with E-state index in [1.807, 2.05) is 18.2 Å². The lowest BCUT2D eigenvalue weighted by Gasteiger charge is -2.02. The first-order chi connectivity index (χ1) is 10.7. The molecule has 23 heavy (non-hydrogen) atoms. The van der Waals surface area contributed by atoms with Gasteiger partial charge in [0.1, 0.15) is 11.3 Å². The number of carbonyl (C=O) groups is 1. The number of halogens is 2. The van der Waals surface area contributed by atoms with Gasteiger partial charge in [0.15, 0.2) is 10.9 Å². The van der Waals surface area contributed by atoms with Crippen LogP contribution in [0.3, 0.4) is 0 Å². The molecular formula is C16H13BrClN2O2S-. The molecule has 1 aromatic heterocycles. The molecular weight excluding hydrogens is 400 g/mol. The van der Waals surface area contributed by atoms with Crippen LogP contribution in [0.1, 0.15) is 10.4 Å². The average Bonchev–Trinajstić information content (AvgIpc) is 2.96. The van der Waals surface area contributed by atoms with Gasteiger partial charge < -0.3 is 27.0 Å². The summed E-state index contributed by atoms with van der Waals surface area (Å²) in [6, 6.07) is 12.6. The Labute approximate surface area is 153 Å². The molecule has 4 nitrogen and oxygen atoms in total. The topological polar surface area (TPSA) is 51.2 Å². The Morgan fingerprint density at radius 1 is 1.26 bits per heavy atom. The minimum Gasteiger partial charge on any atom is -1.00 e. The van der Waals surface area contributed by atoms with E-state index in [9.17, 15) is 4.79 Å². The largest absolute Gasteiger partial charge is 1.00 e. The van der Waals surface area contributed by atoms with E-state index in [0.717, 1.165) is 16.0 Å². The minimum absolute atomic E-state index is 0. The van der Waals surface area contributed by atoms with Crippen LogP contribution < -0.4 is 27.0 Å². The number of aromatic nitrogens is 1. The highest BCUT2D eigenvalue weighted by atomic mass is 79.9. The van der Waals surface area contributed by atoms with Crippen molar-refractivity contribution in [3.63, 3.8) is 0 Å². The number of hydrogen-bond donors (Lipinski definition) is 1. The molecule has 0 amide bonds. The van der Waals surface area contributed by atoms with Crippen molar-refractivity contribution in [3.05, 3.63) is 53.1 Å². The standard InChI is InChI=1S/C16H13ClN2O2S.BrH/c1-21-13-3-2-4-14-15(13)19-16(22-14)18-9-12(20)10-5-7-11(17)8-6-10;/h2-8H,9H2,1H3,(H,18,19);1H/p-1. The number of benzene rings is 2. The van der Waals surface area contributed by atoms with Crippen LogP contribution in [0.2, 0.25) is 5.02 Å². The highest BCUT2D eigenvalue weighted by molar-refractivity contribution is 7.22. The number of fused-ring (bicyclic) bond motifs is 1. The normalized spacial score (nSPS) is 10.2. The molecule has 120 valence electrons. The van der Waals surface area contributed by atoms with E-state index in [2.05, 4.69) is 10.3 Å². The molecule has 2 aromatic carbocycles.